The van der Waals surface area contributed by atoms with Gasteiger partial charge in [-0.05, 0) is 25.5 Å². The number of carbonyl (C=O) groups is 1. The molecule has 0 radical (unpaired) electrons. The molecule has 17 heavy (non-hydrogen) atoms. The van der Waals surface area contributed by atoms with Crippen LogP contribution >= 0.6 is 0 Å². The number of rotatable bonds is 2. The first-order valence-electron chi connectivity index (χ1n) is 6.34. The van der Waals surface area contributed by atoms with Gasteiger partial charge in [-0.3, -0.25) is 4.79 Å². The highest BCUT2D eigenvalue weighted by Crippen LogP contribution is 2.21. The molecule has 0 spiro atoms. The second kappa shape index (κ2) is 5.82. The highest BCUT2D eigenvalue weighted by atomic mass is 16.2. The molecule has 1 N–H and O–H groups in total. The van der Waals surface area contributed by atoms with E-state index in [0.29, 0.717) is 6.42 Å². The summed E-state index contributed by atoms with van der Waals surface area (Å²) in [4.78, 5) is 14.1. The van der Waals surface area contributed by atoms with Crippen LogP contribution in [0.5, 0.6) is 0 Å². The molecule has 0 bridgehead atoms. The van der Waals surface area contributed by atoms with Gasteiger partial charge in [0.1, 0.15) is 0 Å². The maximum absolute atomic E-state index is 12.1. The highest BCUT2D eigenvalue weighted by molar-refractivity contribution is 5.76. The minimum atomic E-state index is 0.170. The Labute approximate surface area is 103 Å². The molecule has 1 aromatic rings. The van der Waals surface area contributed by atoms with Gasteiger partial charge in [-0.25, -0.2) is 0 Å². The zero-order valence-electron chi connectivity index (χ0n) is 10.4. The van der Waals surface area contributed by atoms with E-state index >= 15 is 0 Å². The van der Waals surface area contributed by atoms with E-state index in [-0.39, 0.29) is 11.9 Å². The van der Waals surface area contributed by atoms with Crippen LogP contribution in [0.3, 0.4) is 0 Å². The maximum Gasteiger partial charge on any atom is 0.223 e. The molecule has 92 valence electrons. The summed E-state index contributed by atoms with van der Waals surface area (Å²) >= 11 is 0. The molecule has 0 aromatic heterocycles. The fraction of sp³-hybridized carbons (Fsp3) is 0.500. The number of benzene rings is 1. The van der Waals surface area contributed by atoms with Crippen molar-refractivity contribution in [1.82, 2.24) is 10.2 Å². The first-order valence-corrected chi connectivity index (χ1v) is 6.34. The van der Waals surface area contributed by atoms with Gasteiger partial charge >= 0.3 is 0 Å². The van der Waals surface area contributed by atoms with Crippen molar-refractivity contribution in [2.75, 3.05) is 19.6 Å². The summed E-state index contributed by atoms with van der Waals surface area (Å²) in [7, 11) is 0. The average molecular weight is 232 g/mol. The standard InChI is InChI=1S/C14H20N2O/c1-12(13-6-3-2-4-7-13)16-11-10-15-9-5-8-14(16)17/h2-4,6-7,12,15H,5,8-11H2,1H3. The monoisotopic (exact) mass is 232 g/mol. The minimum absolute atomic E-state index is 0.170. The van der Waals surface area contributed by atoms with Crippen molar-refractivity contribution in [1.29, 1.82) is 0 Å². The summed E-state index contributed by atoms with van der Waals surface area (Å²) in [5.74, 6) is 0.280. The van der Waals surface area contributed by atoms with Crippen LogP contribution in [-0.2, 0) is 4.79 Å². The Morgan fingerprint density at radius 3 is 2.76 bits per heavy atom. The maximum atomic E-state index is 12.1. The zero-order valence-corrected chi connectivity index (χ0v) is 10.4. The predicted octanol–water partition coefficient (Wildman–Crippen LogP) is 1.96. The molecule has 1 heterocycles. The van der Waals surface area contributed by atoms with Gasteiger partial charge in [0.05, 0.1) is 6.04 Å². The van der Waals surface area contributed by atoms with Crippen LogP contribution in [0.15, 0.2) is 30.3 Å². The van der Waals surface area contributed by atoms with Gasteiger partial charge in [-0.2, -0.15) is 0 Å². The van der Waals surface area contributed by atoms with Crippen molar-refractivity contribution in [3.05, 3.63) is 35.9 Å². The molecule has 1 amide bonds. The average Bonchev–Trinajstić information content (AvgIpc) is 2.35. The third-order valence-electron chi connectivity index (χ3n) is 3.34. The largest absolute Gasteiger partial charge is 0.335 e. The SMILES string of the molecule is CC(c1ccccc1)N1CCNCCCC1=O. The molecule has 0 aliphatic carbocycles. The van der Waals surface area contributed by atoms with Crippen LogP contribution in [0, 0.1) is 0 Å². The molecule has 1 saturated heterocycles. The van der Waals surface area contributed by atoms with E-state index in [4.69, 9.17) is 0 Å². The van der Waals surface area contributed by atoms with Crippen LogP contribution in [0.2, 0.25) is 0 Å². The minimum Gasteiger partial charge on any atom is -0.335 e. The summed E-state index contributed by atoms with van der Waals surface area (Å²) in [5.41, 5.74) is 1.21. The van der Waals surface area contributed by atoms with E-state index in [2.05, 4.69) is 24.4 Å². The van der Waals surface area contributed by atoms with Crippen molar-refractivity contribution in [2.24, 2.45) is 0 Å². The molecule has 1 unspecified atom stereocenters. The van der Waals surface area contributed by atoms with Crippen molar-refractivity contribution in [3.8, 4) is 0 Å². The molecule has 0 saturated carbocycles. The lowest BCUT2D eigenvalue weighted by Gasteiger charge is -2.31. The lowest BCUT2D eigenvalue weighted by Crippen LogP contribution is -2.41. The van der Waals surface area contributed by atoms with E-state index in [1.54, 1.807) is 0 Å². The van der Waals surface area contributed by atoms with Crippen molar-refractivity contribution in [2.45, 2.75) is 25.8 Å². The number of nitrogens with one attached hydrogen (secondary N) is 1. The number of amides is 1. The first-order chi connectivity index (χ1) is 8.29. The lowest BCUT2D eigenvalue weighted by molar-refractivity contribution is -0.133. The molecule has 1 fully saturated rings. The summed E-state index contributed by atoms with van der Waals surface area (Å²) in [6, 6.07) is 10.4. The Kier molecular flexibility index (Phi) is 4.15. The van der Waals surface area contributed by atoms with Crippen molar-refractivity contribution < 1.29 is 4.79 Å². The van der Waals surface area contributed by atoms with E-state index in [1.807, 2.05) is 23.1 Å². The highest BCUT2D eigenvalue weighted by Gasteiger charge is 2.21. The topological polar surface area (TPSA) is 32.3 Å². The fourth-order valence-electron chi connectivity index (χ4n) is 2.28. The summed E-state index contributed by atoms with van der Waals surface area (Å²) in [5, 5.41) is 3.35. The third-order valence-corrected chi connectivity index (χ3v) is 3.34. The fourth-order valence-corrected chi connectivity index (χ4v) is 2.28. The molecular weight excluding hydrogens is 212 g/mol. The smallest absolute Gasteiger partial charge is 0.223 e. The van der Waals surface area contributed by atoms with E-state index < -0.39 is 0 Å². The summed E-state index contributed by atoms with van der Waals surface area (Å²) < 4.78 is 0. The third kappa shape index (κ3) is 3.07. The van der Waals surface area contributed by atoms with E-state index in [0.717, 1.165) is 26.1 Å². The Morgan fingerprint density at radius 1 is 1.24 bits per heavy atom. The van der Waals surface area contributed by atoms with E-state index in [1.165, 1.54) is 5.56 Å². The molecular formula is C14H20N2O. The second-order valence-electron chi connectivity index (χ2n) is 4.53. The van der Waals surface area contributed by atoms with Gasteiger partial charge in [0, 0.05) is 19.5 Å². The zero-order chi connectivity index (χ0) is 12.1. The molecule has 1 aromatic carbocycles. The summed E-state index contributed by atoms with van der Waals surface area (Å²) in [6.07, 6.45) is 1.60. The van der Waals surface area contributed by atoms with E-state index in [9.17, 15) is 4.79 Å². The Morgan fingerprint density at radius 2 is 2.00 bits per heavy atom. The van der Waals surface area contributed by atoms with Gasteiger partial charge < -0.3 is 10.2 Å². The van der Waals surface area contributed by atoms with Crippen LogP contribution < -0.4 is 5.32 Å². The Bertz CT molecular complexity index is 364. The van der Waals surface area contributed by atoms with Crippen molar-refractivity contribution >= 4 is 5.91 Å². The number of hydrogen-bond acceptors (Lipinski definition) is 2. The van der Waals surface area contributed by atoms with Crippen molar-refractivity contribution in [3.63, 3.8) is 0 Å². The van der Waals surface area contributed by atoms with Gasteiger partial charge in [0.15, 0.2) is 0 Å². The Balaban J connectivity index is 2.10. The Hall–Kier alpha value is -1.35. The van der Waals surface area contributed by atoms with Crippen LogP contribution in [0.1, 0.15) is 31.4 Å². The quantitative estimate of drug-likeness (QED) is 0.845. The van der Waals surface area contributed by atoms with Gasteiger partial charge in [0.2, 0.25) is 5.91 Å². The number of carbonyl (C=O) groups excluding carboxylic acids is 1. The molecule has 1 atom stereocenters. The van der Waals surface area contributed by atoms with Gasteiger partial charge in [0.25, 0.3) is 0 Å². The lowest BCUT2D eigenvalue weighted by atomic mass is 10.1. The van der Waals surface area contributed by atoms with Crippen LogP contribution in [-0.4, -0.2) is 30.4 Å². The molecule has 2 rings (SSSR count). The van der Waals surface area contributed by atoms with Crippen LogP contribution in [0.25, 0.3) is 0 Å². The molecule has 1 aliphatic rings. The summed E-state index contributed by atoms with van der Waals surface area (Å²) in [6.45, 7) is 4.76. The van der Waals surface area contributed by atoms with Gasteiger partial charge in [-0.15, -0.1) is 0 Å². The molecule has 1 aliphatic heterocycles. The second-order valence-corrected chi connectivity index (χ2v) is 4.53. The molecule has 3 nitrogen and oxygen atoms in total. The number of nitrogens with zero attached hydrogens (tertiary/aromatic N) is 1. The normalized spacial score (nSPS) is 19.6. The first kappa shape index (κ1) is 12.1. The van der Waals surface area contributed by atoms with Crippen LogP contribution in [0.4, 0.5) is 0 Å². The molecule has 3 heteroatoms. The van der Waals surface area contributed by atoms with Gasteiger partial charge in [-0.1, -0.05) is 30.3 Å². The number of hydrogen-bond donors (Lipinski definition) is 1. The predicted molar refractivity (Wildman–Crippen MR) is 68.7 cm³/mol.